The molecule has 0 N–H and O–H groups in total. The summed E-state index contributed by atoms with van der Waals surface area (Å²) in [7, 11) is 1.66. The normalized spacial score (nSPS) is 10.8. The van der Waals surface area contributed by atoms with Crippen LogP contribution in [0.15, 0.2) is 52.9 Å². The predicted molar refractivity (Wildman–Crippen MR) is 80.9 cm³/mol. The number of benzene rings is 2. The minimum absolute atomic E-state index is 0.771. The maximum atomic E-state index is 5.97. The van der Waals surface area contributed by atoms with Gasteiger partial charge in [0.25, 0.3) is 0 Å². The lowest BCUT2D eigenvalue weighted by Gasteiger charge is -1.98. The third-order valence-corrected chi connectivity index (χ3v) is 3.95. The lowest BCUT2D eigenvalue weighted by molar-refractivity contribution is 0.411. The van der Waals surface area contributed by atoms with E-state index in [1.807, 2.05) is 42.5 Å². The highest BCUT2D eigenvalue weighted by atomic mass is 127. The molecule has 0 unspecified atom stereocenters. The summed E-state index contributed by atoms with van der Waals surface area (Å²) < 4.78 is 12.4. The van der Waals surface area contributed by atoms with Crippen molar-refractivity contribution in [3.05, 3.63) is 52.1 Å². The summed E-state index contributed by atoms with van der Waals surface area (Å²) in [4.78, 5) is 0. The Morgan fingerprint density at radius 2 is 1.78 bits per heavy atom. The summed E-state index contributed by atoms with van der Waals surface area (Å²) in [6.45, 7) is 0. The Kier molecular flexibility index (Phi) is 2.99. The van der Waals surface area contributed by atoms with E-state index in [2.05, 4.69) is 28.7 Å². The Balaban J connectivity index is 2.29. The molecule has 0 saturated carbocycles. The molecule has 3 rings (SSSR count). The number of para-hydroxylation sites is 1. The third-order valence-electron chi connectivity index (χ3n) is 2.87. The van der Waals surface area contributed by atoms with E-state index in [4.69, 9.17) is 9.15 Å². The molecule has 0 aliphatic heterocycles. The van der Waals surface area contributed by atoms with Crippen molar-refractivity contribution < 1.29 is 9.15 Å². The van der Waals surface area contributed by atoms with Crippen molar-refractivity contribution in [2.24, 2.45) is 0 Å². The van der Waals surface area contributed by atoms with Crippen LogP contribution in [-0.2, 0) is 0 Å². The van der Waals surface area contributed by atoms with E-state index in [0.29, 0.717) is 0 Å². The first-order valence-electron chi connectivity index (χ1n) is 5.61. The topological polar surface area (TPSA) is 22.4 Å². The van der Waals surface area contributed by atoms with Crippen LogP contribution in [0.3, 0.4) is 0 Å². The zero-order valence-corrected chi connectivity index (χ0v) is 12.0. The smallest absolute Gasteiger partial charge is 0.177 e. The summed E-state index contributed by atoms with van der Waals surface area (Å²) in [5.41, 5.74) is 1.89. The number of ether oxygens (including phenoxy) is 1. The molecule has 3 aromatic rings. The lowest BCUT2D eigenvalue weighted by Crippen LogP contribution is -1.81. The van der Waals surface area contributed by atoms with Gasteiger partial charge in [-0.25, -0.2) is 0 Å². The molecule has 1 aromatic heterocycles. The van der Waals surface area contributed by atoms with Crippen LogP contribution in [0.5, 0.6) is 5.75 Å². The molecular formula is C15H11IO2. The van der Waals surface area contributed by atoms with E-state index < -0.39 is 0 Å². The molecule has 0 radical (unpaired) electrons. The first-order valence-corrected chi connectivity index (χ1v) is 6.69. The van der Waals surface area contributed by atoms with E-state index in [-0.39, 0.29) is 0 Å². The minimum atomic E-state index is 0.771. The van der Waals surface area contributed by atoms with Gasteiger partial charge in [-0.1, -0.05) is 36.4 Å². The molecule has 0 aliphatic rings. The van der Waals surface area contributed by atoms with Crippen LogP contribution in [0.25, 0.3) is 22.3 Å². The second-order valence-electron chi connectivity index (χ2n) is 3.95. The van der Waals surface area contributed by atoms with Crippen molar-refractivity contribution in [2.45, 2.75) is 0 Å². The van der Waals surface area contributed by atoms with Crippen molar-refractivity contribution in [2.75, 3.05) is 7.11 Å². The van der Waals surface area contributed by atoms with Crippen LogP contribution < -0.4 is 4.74 Å². The Hall–Kier alpha value is -1.49. The van der Waals surface area contributed by atoms with Gasteiger partial charge in [-0.15, -0.1) is 0 Å². The molecule has 0 amide bonds. The third kappa shape index (κ3) is 1.79. The molecule has 3 heteroatoms. The lowest BCUT2D eigenvalue weighted by atomic mass is 10.1. The van der Waals surface area contributed by atoms with Crippen molar-refractivity contribution in [3.63, 3.8) is 0 Å². The summed E-state index contributed by atoms with van der Waals surface area (Å²) in [5, 5.41) is 1.09. The Morgan fingerprint density at radius 1 is 1.00 bits per heavy atom. The number of rotatable bonds is 2. The van der Waals surface area contributed by atoms with Crippen molar-refractivity contribution in [3.8, 4) is 17.1 Å². The Labute approximate surface area is 119 Å². The van der Waals surface area contributed by atoms with Gasteiger partial charge in [0, 0.05) is 10.9 Å². The summed E-state index contributed by atoms with van der Waals surface area (Å²) >= 11 is 2.32. The van der Waals surface area contributed by atoms with Crippen LogP contribution >= 0.6 is 22.6 Å². The Morgan fingerprint density at radius 3 is 2.50 bits per heavy atom. The average Bonchev–Trinajstić information content (AvgIpc) is 2.77. The molecule has 18 heavy (non-hydrogen) atoms. The quantitative estimate of drug-likeness (QED) is 0.625. The van der Waals surface area contributed by atoms with E-state index in [1.54, 1.807) is 7.11 Å². The molecule has 0 aliphatic carbocycles. The summed E-state index contributed by atoms with van der Waals surface area (Å²) in [5.74, 6) is 1.67. The molecule has 0 bridgehead atoms. The number of halogens is 1. The molecular weight excluding hydrogens is 339 g/mol. The number of hydrogen-bond acceptors (Lipinski definition) is 2. The first-order chi connectivity index (χ1) is 8.81. The van der Waals surface area contributed by atoms with E-state index >= 15 is 0 Å². The highest BCUT2D eigenvalue weighted by Gasteiger charge is 2.15. The zero-order valence-electron chi connectivity index (χ0n) is 9.81. The summed E-state index contributed by atoms with van der Waals surface area (Å²) in [6, 6.07) is 16.1. The van der Waals surface area contributed by atoms with E-state index in [0.717, 1.165) is 31.6 Å². The fourth-order valence-corrected chi connectivity index (χ4v) is 2.85. The maximum absolute atomic E-state index is 5.97. The first kappa shape index (κ1) is 11.6. The van der Waals surface area contributed by atoms with Gasteiger partial charge < -0.3 is 9.15 Å². The van der Waals surface area contributed by atoms with Crippen LogP contribution in [0.2, 0.25) is 0 Å². The van der Waals surface area contributed by atoms with Gasteiger partial charge in [0.05, 0.1) is 10.7 Å². The molecule has 2 nitrogen and oxygen atoms in total. The molecule has 2 aromatic carbocycles. The number of furan rings is 1. The van der Waals surface area contributed by atoms with Crippen LogP contribution in [0.4, 0.5) is 0 Å². The monoisotopic (exact) mass is 350 g/mol. The van der Waals surface area contributed by atoms with Gasteiger partial charge in [-0.05, 0) is 34.7 Å². The number of hydrogen-bond donors (Lipinski definition) is 0. The molecule has 0 spiro atoms. The van der Waals surface area contributed by atoms with Crippen molar-refractivity contribution in [1.82, 2.24) is 0 Å². The highest BCUT2D eigenvalue weighted by Crippen LogP contribution is 2.38. The second-order valence-corrected chi connectivity index (χ2v) is 5.03. The van der Waals surface area contributed by atoms with E-state index in [1.165, 1.54) is 0 Å². The standard InChI is InChI=1S/C15H11IO2/c1-17-12-9-5-8-11-13(16)14(18-15(11)12)10-6-3-2-4-7-10/h2-9H,1H3. The molecule has 0 saturated heterocycles. The predicted octanol–water partition coefficient (Wildman–Crippen LogP) is 4.71. The summed E-state index contributed by atoms with van der Waals surface area (Å²) in [6.07, 6.45) is 0. The van der Waals surface area contributed by atoms with Crippen LogP contribution in [0.1, 0.15) is 0 Å². The van der Waals surface area contributed by atoms with Gasteiger partial charge in [-0.2, -0.15) is 0 Å². The zero-order chi connectivity index (χ0) is 12.5. The molecule has 90 valence electrons. The molecule has 1 heterocycles. The largest absolute Gasteiger partial charge is 0.493 e. The van der Waals surface area contributed by atoms with Gasteiger partial charge >= 0.3 is 0 Å². The molecule has 0 atom stereocenters. The van der Waals surface area contributed by atoms with E-state index in [9.17, 15) is 0 Å². The highest BCUT2D eigenvalue weighted by molar-refractivity contribution is 14.1. The SMILES string of the molecule is COc1cccc2c(I)c(-c3ccccc3)oc12. The fraction of sp³-hybridized carbons (Fsp3) is 0.0667. The second kappa shape index (κ2) is 4.65. The van der Waals surface area contributed by atoms with Gasteiger partial charge in [0.15, 0.2) is 11.3 Å². The average molecular weight is 350 g/mol. The van der Waals surface area contributed by atoms with Crippen molar-refractivity contribution >= 4 is 33.6 Å². The Bertz CT molecular complexity index is 686. The van der Waals surface area contributed by atoms with Crippen LogP contribution in [-0.4, -0.2) is 7.11 Å². The fourth-order valence-electron chi connectivity index (χ4n) is 2.00. The van der Waals surface area contributed by atoms with Crippen LogP contribution in [0, 0.1) is 3.57 Å². The van der Waals surface area contributed by atoms with Gasteiger partial charge in [-0.3, -0.25) is 0 Å². The number of methoxy groups -OCH3 is 1. The molecule has 0 fully saturated rings. The van der Waals surface area contributed by atoms with Gasteiger partial charge in [0.1, 0.15) is 5.76 Å². The maximum Gasteiger partial charge on any atom is 0.177 e. The van der Waals surface area contributed by atoms with Crippen molar-refractivity contribution in [1.29, 1.82) is 0 Å². The van der Waals surface area contributed by atoms with Gasteiger partial charge in [0.2, 0.25) is 0 Å². The minimum Gasteiger partial charge on any atom is -0.493 e. The number of fused-ring (bicyclic) bond motifs is 1.